The van der Waals surface area contributed by atoms with Crippen molar-refractivity contribution in [2.45, 2.75) is 52.4 Å². The van der Waals surface area contributed by atoms with Crippen LogP contribution in [-0.4, -0.2) is 41.2 Å². The lowest BCUT2D eigenvalue weighted by atomic mass is 10.1. The zero-order valence-corrected chi connectivity index (χ0v) is 15.4. The van der Waals surface area contributed by atoms with Gasteiger partial charge in [0.1, 0.15) is 0 Å². The van der Waals surface area contributed by atoms with Crippen LogP contribution in [-0.2, 0) is 38.5 Å². The van der Waals surface area contributed by atoms with Crippen LogP contribution in [0.25, 0.3) is 0 Å². The number of carbonyl (C=O) groups is 2. The third-order valence-corrected chi connectivity index (χ3v) is 3.97. The molecule has 0 heterocycles. The molecule has 136 valence electrons. The van der Waals surface area contributed by atoms with E-state index in [1.54, 1.807) is 6.92 Å². The first-order valence-corrected chi connectivity index (χ1v) is 9.82. The number of hydrogen-bond donors (Lipinski definition) is 0. The summed E-state index contributed by atoms with van der Waals surface area (Å²) < 4.78 is 30.6. The third kappa shape index (κ3) is 16.0. The van der Waals surface area contributed by atoms with Crippen LogP contribution in [0.4, 0.5) is 0 Å². The second-order valence-corrected chi connectivity index (χ2v) is 6.20. The number of carbonyl (C=O) groups excluding carboxylic acids is 2. The van der Waals surface area contributed by atoms with Gasteiger partial charge in [-0.25, -0.2) is 4.21 Å². The monoisotopic (exact) mass is 370 g/mol. The molecule has 0 bridgehead atoms. The van der Waals surface area contributed by atoms with Gasteiger partial charge >= 0.3 is 11.9 Å². The minimum Gasteiger partial charge on any atom is -0.452 e. The van der Waals surface area contributed by atoms with Crippen LogP contribution < -0.4 is 0 Å². The Labute approximate surface area is 144 Å². The molecular formula is C14H26O7S2. The van der Waals surface area contributed by atoms with Gasteiger partial charge in [-0.05, 0) is 26.7 Å². The smallest absolute Gasteiger partial charge is 0.306 e. The van der Waals surface area contributed by atoms with E-state index in [1.807, 2.05) is 6.92 Å². The van der Waals surface area contributed by atoms with Gasteiger partial charge in [-0.3, -0.25) is 13.8 Å². The van der Waals surface area contributed by atoms with E-state index in [0.717, 1.165) is 31.3 Å². The highest BCUT2D eigenvalue weighted by Crippen LogP contribution is 2.08. The van der Waals surface area contributed by atoms with E-state index in [4.69, 9.17) is 17.8 Å². The maximum Gasteiger partial charge on any atom is 0.306 e. The second kappa shape index (κ2) is 16.2. The Morgan fingerprint density at radius 3 is 2.09 bits per heavy atom. The minimum absolute atomic E-state index is 0.210. The van der Waals surface area contributed by atoms with Gasteiger partial charge in [-0.15, -0.1) is 0 Å². The lowest BCUT2D eigenvalue weighted by Gasteiger charge is -2.05. The van der Waals surface area contributed by atoms with Crippen LogP contribution in [0.2, 0.25) is 0 Å². The number of unbranched alkanes of at least 4 members (excludes halogenated alkanes) is 3. The fourth-order valence-corrected chi connectivity index (χ4v) is 2.50. The van der Waals surface area contributed by atoms with E-state index in [9.17, 15) is 13.8 Å². The van der Waals surface area contributed by atoms with Gasteiger partial charge in [-0.1, -0.05) is 12.8 Å². The minimum atomic E-state index is -1.57. The molecule has 0 aliphatic carbocycles. The quantitative estimate of drug-likeness (QED) is 0.188. The SMILES string of the molecule is CCOSCOC(=O)CCCCCCC(=O)OCS(=O)OCC. The zero-order valence-electron chi connectivity index (χ0n) is 13.7. The highest BCUT2D eigenvalue weighted by Gasteiger charge is 2.07. The van der Waals surface area contributed by atoms with Crippen LogP contribution in [0.3, 0.4) is 0 Å². The highest BCUT2D eigenvalue weighted by molar-refractivity contribution is 7.94. The Morgan fingerprint density at radius 2 is 1.52 bits per heavy atom. The van der Waals surface area contributed by atoms with Crippen LogP contribution >= 0.6 is 12.0 Å². The maximum atomic E-state index is 11.4. The Bertz CT molecular complexity index is 350. The molecule has 0 aromatic heterocycles. The molecule has 0 aromatic carbocycles. The lowest BCUT2D eigenvalue weighted by Crippen LogP contribution is -2.11. The fourth-order valence-electron chi connectivity index (χ4n) is 1.52. The van der Waals surface area contributed by atoms with E-state index in [1.165, 1.54) is 0 Å². The predicted octanol–water partition coefficient (Wildman–Crippen LogP) is 2.71. The number of hydrogen-bond acceptors (Lipinski definition) is 8. The molecule has 0 aliphatic heterocycles. The predicted molar refractivity (Wildman–Crippen MR) is 88.6 cm³/mol. The summed E-state index contributed by atoms with van der Waals surface area (Å²) in [6.07, 6.45) is 3.70. The van der Waals surface area contributed by atoms with Gasteiger partial charge in [0, 0.05) is 24.9 Å². The number of esters is 2. The molecule has 0 spiro atoms. The van der Waals surface area contributed by atoms with Crippen molar-refractivity contribution in [1.82, 2.24) is 0 Å². The standard InChI is InChI=1S/C14H26O7S2/c1-3-20-22-11-18-13(15)9-7-5-6-8-10-14(16)19-12-23(17)21-4-2/h3-12H2,1-2H3. The van der Waals surface area contributed by atoms with E-state index in [2.05, 4.69) is 0 Å². The molecule has 0 N–H and O–H groups in total. The van der Waals surface area contributed by atoms with Gasteiger partial charge in [0.2, 0.25) is 0 Å². The summed E-state index contributed by atoms with van der Waals surface area (Å²) >= 11 is -0.449. The van der Waals surface area contributed by atoms with Crippen LogP contribution in [0.1, 0.15) is 52.4 Å². The molecular weight excluding hydrogens is 344 g/mol. The van der Waals surface area contributed by atoms with Gasteiger partial charge in [0.05, 0.1) is 13.2 Å². The van der Waals surface area contributed by atoms with Crippen molar-refractivity contribution >= 4 is 35.1 Å². The summed E-state index contributed by atoms with van der Waals surface area (Å²) in [5.41, 5.74) is 0. The molecule has 0 aliphatic rings. The molecule has 0 saturated heterocycles. The largest absolute Gasteiger partial charge is 0.452 e. The third-order valence-electron chi connectivity index (χ3n) is 2.55. The Hall–Kier alpha value is -0.640. The molecule has 1 atom stereocenters. The average molecular weight is 370 g/mol. The maximum absolute atomic E-state index is 11.4. The van der Waals surface area contributed by atoms with Crippen LogP contribution in [0, 0.1) is 0 Å². The summed E-state index contributed by atoms with van der Waals surface area (Å²) in [6.45, 7) is 4.47. The van der Waals surface area contributed by atoms with Crippen molar-refractivity contribution in [1.29, 1.82) is 0 Å². The van der Waals surface area contributed by atoms with E-state index in [-0.39, 0.29) is 30.2 Å². The molecule has 0 aromatic rings. The van der Waals surface area contributed by atoms with E-state index < -0.39 is 11.1 Å². The van der Waals surface area contributed by atoms with Crippen molar-refractivity contribution < 1.29 is 31.6 Å². The number of rotatable bonds is 15. The molecule has 7 nitrogen and oxygen atoms in total. The highest BCUT2D eigenvalue weighted by atomic mass is 32.2. The normalized spacial score (nSPS) is 11.9. The van der Waals surface area contributed by atoms with Crippen molar-refractivity contribution in [3.63, 3.8) is 0 Å². The first-order valence-electron chi connectivity index (χ1n) is 7.67. The lowest BCUT2D eigenvalue weighted by molar-refractivity contribution is -0.142. The number of ether oxygens (including phenoxy) is 2. The summed E-state index contributed by atoms with van der Waals surface area (Å²) in [4.78, 5) is 22.7. The second-order valence-electron chi connectivity index (χ2n) is 4.42. The summed E-state index contributed by atoms with van der Waals surface area (Å²) in [7, 11) is 0. The van der Waals surface area contributed by atoms with Crippen LogP contribution in [0.15, 0.2) is 0 Å². The van der Waals surface area contributed by atoms with Crippen molar-refractivity contribution in [2.24, 2.45) is 0 Å². The molecule has 0 saturated carbocycles. The van der Waals surface area contributed by atoms with Crippen molar-refractivity contribution in [3.05, 3.63) is 0 Å². The van der Waals surface area contributed by atoms with Gasteiger partial charge in [0.15, 0.2) is 23.0 Å². The molecule has 0 radical (unpaired) electrons. The summed E-state index contributed by atoms with van der Waals surface area (Å²) in [5, 5.41) is 0. The first kappa shape index (κ1) is 22.4. The zero-order chi connectivity index (χ0) is 17.3. The van der Waals surface area contributed by atoms with Gasteiger partial charge in [-0.2, -0.15) is 0 Å². The Kier molecular flexibility index (Phi) is 15.8. The summed E-state index contributed by atoms with van der Waals surface area (Å²) in [6, 6.07) is 0. The average Bonchev–Trinajstić information content (AvgIpc) is 2.53. The molecule has 9 heteroatoms. The molecule has 0 rings (SSSR count). The van der Waals surface area contributed by atoms with Gasteiger partial charge < -0.3 is 13.7 Å². The molecule has 1 unspecified atom stereocenters. The van der Waals surface area contributed by atoms with E-state index >= 15 is 0 Å². The molecule has 23 heavy (non-hydrogen) atoms. The fraction of sp³-hybridized carbons (Fsp3) is 0.857. The van der Waals surface area contributed by atoms with Crippen LogP contribution in [0.5, 0.6) is 0 Å². The summed E-state index contributed by atoms with van der Waals surface area (Å²) in [5.74, 6) is -0.639. The Morgan fingerprint density at radius 1 is 0.913 bits per heavy atom. The topological polar surface area (TPSA) is 88.1 Å². The Balaban J connectivity index is 3.39. The van der Waals surface area contributed by atoms with Gasteiger partial charge in [0.25, 0.3) is 0 Å². The first-order chi connectivity index (χ1) is 11.1. The molecule has 0 amide bonds. The molecule has 0 fully saturated rings. The van der Waals surface area contributed by atoms with Crippen molar-refractivity contribution in [3.8, 4) is 0 Å². The van der Waals surface area contributed by atoms with E-state index in [0.29, 0.717) is 26.1 Å². The van der Waals surface area contributed by atoms with Crippen molar-refractivity contribution in [2.75, 3.05) is 25.1 Å².